The molecule has 0 aliphatic heterocycles. The highest BCUT2D eigenvalue weighted by atomic mass is 16.5. The second-order valence-electron chi connectivity index (χ2n) is 4.81. The molecule has 1 heterocycles. The summed E-state index contributed by atoms with van der Waals surface area (Å²) < 4.78 is 5.07. The zero-order valence-corrected chi connectivity index (χ0v) is 10.9. The lowest BCUT2D eigenvalue weighted by molar-refractivity contribution is 0.426. The first-order valence-corrected chi connectivity index (χ1v) is 6.51. The molecule has 0 aliphatic carbocycles. The van der Waals surface area contributed by atoms with Crippen LogP contribution in [-0.2, 0) is 12.8 Å². The van der Waals surface area contributed by atoms with Gasteiger partial charge >= 0.3 is 7.12 Å². The summed E-state index contributed by atoms with van der Waals surface area (Å²) >= 11 is 0. The number of hydrogen-bond donors (Lipinski definition) is 2. The van der Waals surface area contributed by atoms with Crippen LogP contribution >= 0.6 is 0 Å². The number of hydrogen-bond acceptors (Lipinski definition) is 4. The largest absolute Gasteiger partial charge is 0.488 e. The molecular formula is C15H14BNO3. The van der Waals surface area contributed by atoms with Gasteiger partial charge < -0.3 is 14.6 Å². The summed E-state index contributed by atoms with van der Waals surface area (Å²) in [6, 6.07) is 13.4. The van der Waals surface area contributed by atoms with Crippen molar-refractivity contribution in [3.8, 4) is 0 Å². The van der Waals surface area contributed by atoms with Crippen molar-refractivity contribution in [1.82, 2.24) is 5.16 Å². The van der Waals surface area contributed by atoms with E-state index < -0.39 is 7.12 Å². The minimum atomic E-state index is -1.40. The summed E-state index contributed by atoms with van der Waals surface area (Å²) in [6.07, 6.45) is 3.54. The molecule has 5 heteroatoms. The summed E-state index contributed by atoms with van der Waals surface area (Å²) in [7, 11) is -1.40. The molecule has 0 saturated heterocycles. The number of benzene rings is 2. The van der Waals surface area contributed by atoms with Crippen molar-refractivity contribution in [2.24, 2.45) is 0 Å². The van der Waals surface area contributed by atoms with E-state index in [9.17, 15) is 0 Å². The topological polar surface area (TPSA) is 66.5 Å². The van der Waals surface area contributed by atoms with Gasteiger partial charge in [0.2, 0.25) is 0 Å². The number of rotatable bonds is 4. The fourth-order valence-corrected chi connectivity index (χ4v) is 2.22. The Morgan fingerprint density at radius 1 is 0.950 bits per heavy atom. The van der Waals surface area contributed by atoms with Crippen molar-refractivity contribution in [3.63, 3.8) is 0 Å². The van der Waals surface area contributed by atoms with Crippen molar-refractivity contribution in [3.05, 3.63) is 59.8 Å². The molecule has 0 bridgehead atoms. The zero-order valence-electron chi connectivity index (χ0n) is 10.9. The third-order valence-electron chi connectivity index (χ3n) is 3.40. The number of aromatic nitrogens is 1. The van der Waals surface area contributed by atoms with E-state index in [-0.39, 0.29) is 0 Å². The third-order valence-corrected chi connectivity index (χ3v) is 3.40. The van der Waals surface area contributed by atoms with Crippen LogP contribution in [0.1, 0.15) is 11.1 Å². The maximum absolute atomic E-state index is 9.04. The van der Waals surface area contributed by atoms with Crippen LogP contribution in [-0.4, -0.2) is 22.3 Å². The molecule has 1 aromatic heterocycles. The molecule has 0 aliphatic rings. The molecule has 2 N–H and O–H groups in total. The minimum Gasteiger partial charge on any atom is -0.423 e. The van der Waals surface area contributed by atoms with E-state index in [1.165, 1.54) is 11.1 Å². The maximum Gasteiger partial charge on any atom is 0.488 e. The molecule has 3 rings (SSSR count). The molecular weight excluding hydrogens is 253 g/mol. The highest BCUT2D eigenvalue weighted by molar-refractivity contribution is 6.58. The van der Waals surface area contributed by atoms with Crippen molar-refractivity contribution >= 4 is 23.6 Å². The van der Waals surface area contributed by atoms with Crippen molar-refractivity contribution in [1.29, 1.82) is 0 Å². The Labute approximate surface area is 116 Å². The molecule has 0 spiro atoms. The fraction of sp³-hybridized carbons (Fsp3) is 0.133. The smallest absolute Gasteiger partial charge is 0.423 e. The van der Waals surface area contributed by atoms with E-state index in [2.05, 4.69) is 11.2 Å². The van der Waals surface area contributed by atoms with Gasteiger partial charge in [0.25, 0.3) is 0 Å². The molecule has 0 atom stereocenters. The lowest BCUT2D eigenvalue weighted by atomic mass is 9.80. The lowest BCUT2D eigenvalue weighted by Gasteiger charge is -2.04. The Kier molecular flexibility index (Phi) is 3.54. The molecule has 20 heavy (non-hydrogen) atoms. The highest BCUT2D eigenvalue weighted by Crippen LogP contribution is 2.16. The number of aryl methyl sites for hydroxylation is 2. The van der Waals surface area contributed by atoms with Gasteiger partial charge in [0, 0.05) is 5.39 Å². The van der Waals surface area contributed by atoms with E-state index >= 15 is 0 Å². The van der Waals surface area contributed by atoms with E-state index in [1.54, 1.807) is 18.3 Å². The summed E-state index contributed by atoms with van der Waals surface area (Å²) in [6.45, 7) is 0. The van der Waals surface area contributed by atoms with E-state index in [1.807, 2.05) is 24.3 Å². The third kappa shape index (κ3) is 2.74. The van der Waals surface area contributed by atoms with Crippen LogP contribution in [0.15, 0.2) is 53.2 Å². The van der Waals surface area contributed by atoms with Gasteiger partial charge in [-0.1, -0.05) is 35.5 Å². The van der Waals surface area contributed by atoms with Gasteiger partial charge in [0.1, 0.15) is 0 Å². The van der Waals surface area contributed by atoms with Gasteiger partial charge in [0.15, 0.2) is 5.58 Å². The van der Waals surface area contributed by atoms with Crippen LogP contribution in [0.25, 0.3) is 11.0 Å². The molecule has 0 radical (unpaired) electrons. The van der Waals surface area contributed by atoms with Gasteiger partial charge in [-0.25, -0.2) is 0 Å². The molecule has 2 aromatic carbocycles. The van der Waals surface area contributed by atoms with E-state index in [0.29, 0.717) is 5.46 Å². The average molecular weight is 267 g/mol. The number of nitrogens with zero attached hydrogens (tertiary/aromatic N) is 1. The van der Waals surface area contributed by atoms with Crippen LogP contribution in [0, 0.1) is 0 Å². The Bertz CT molecular complexity index is 706. The fourth-order valence-electron chi connectivity index (χ4n) is 2.22. The Balaban J connectivity index is 1.69. The lowest BCUT2D eigenvalue weighted by Crippen LogP contribution is -2.29. The van der Waals surface area contributed by atoms with Crippen LogP contribution in [0.4, 0.5) is 0 Å². The monoisotopic (exact) mass is 267 g/mol. The SMILES string of the molecule is OB(O)c1ccc(CCc2ccc3oncc3c2)cc1. The Hall–Kier alpha value is -2.11. The second-order valence-corrected chi connectivity index (χ2v) is 4.81. The zero-order chi connectivity index (χ0) is 13.9. The molecule has 4 nitrogen and oxygen atoms in total. The quantitative estimate of drug-likeness (QED) is 0.699. The average Bonchev–Trinajstić information content (AvgIpc) is 2.93. The van der Waals surface area contributed by atoms with Crippen molar-refractivity contribution < 1.29 is 14.6 Å². The molecule has 0 unspecified atom stereocenters. The van der Waals surface area contributed by atoms with E-state index in [4.69, 9.17) is 14.6 Å². The molecule has 0 saturated carbocycles. The molecule has 100 valence electrons. The summed E-state index contributed by atoms with van der Waals surface area (Å²) in [5.41, 5.74) is 3.71. The minimum absolute atomic E-state index is 0.514. The Morgan fingerprint density at radius 3 is 2.40 bits per heavy atom. The first-order chi connectivity index (χ1) is 9.72. The van der Waals surface area contributed by atoms with Gasteiger partial charge in [-0.3, -0.25) is 0 Å². The van der Waals surface area contributed by atoms with Gasteiger partial charge in [-0.05, 0) is 41.6 Å². The summed E-state index contributed by atoms with van der Waals surface area (Å²) in [4.78, 5) is 0. The van der Waals surface area contributed by atoms with Crippen molar-refractivity contribution in [2.75, 3.05) is 0 Å². The summed E-state index contributed by atoms with van der Waals surface area (Å²) in [5.74, 6) is 0. The van der Waals surface area contributed by atoms with Gasteiger partial charge in [-0.2, -0.15) is 0 Å². The van der Waals surface area contributed by atoms with Crippen LogP contribution in [0.2, 0.25) is 0 Å². The normalized spacial score (nSPS) is 10.9. The summed E-state index contributed by atoms with van der Waals surface area (Å²) in [5, 5.41) is 22.9. The predicted molar refractivity (Wildman–Crippen MR) is 77.7 cm³/mol. The molecule has 0 fully saturated rings. The van der Waals surface area contributed by atoms with Crippen LogP contribution < -0.4 is 5.46 Å². The standard InChI is InChI=1S/C15H14BNO3/c18-16(19)14-6-3-11(4-7-14)1-2-12-5-8-15-13(9-12)10-17-20-15/h3-10,18-19H,1-2H2. The van der Waals surface area contributed by atoms with Crippen LogP contribution in [0.5, 0.6) is 0 Å². The second kappa shape index (κ2) is 5.49. The van der Waals surface area contributed by atoms with Crippen LogP contribution in [0.3, 0.4) is 0 Å². The predicted octanol–water partition coefficient (Wildman–Crippen LogP) is 1.29. The number of fused-ring (bicyclic) bond motifs is 1. The van der Waals surface area contributed by atoms with Crippen molar-refractivity contribution in [2.45, 2.75) is 12.8 Å². The van der Waals surface area contributed by atoms with Gasteiger partial charge in [-0.15, -0.1) is 0 Å². The van der Waals surface area contributed by atoms with Gasteiger partial charge in [0.05, 0.1) is 6.20 Å². The molecule has 3 aromatic rings. The Morgan fingerprint density at radius 2 is 1.65 bits per heavy atom. The highest BCUT2D eigenvalue weighted by Gasteiger charge is 2.09. The maximum atomic E-state index is 9.04. The molecule has 0 amide bonds. The first kappa shape index (κ1) is 12.9. The first-order valence-electron chi connectivity index (χ1n) is 6.51. The van der Waals surface area contributed by atoms with E-state index in [0.717, 1.165) is 23.8 Å².